The summed E-state index contributed by atoms with van der Waals surface area (Å²) in [5.41, 5.74) is -0.523. The Hall–Kier alpha value is -1.93. The second-order valence-corrected chi connectivity index (χ2v) is 6.67. The van der Waals surface area contributed by atoms with E-state index in [-0.39, 0.29) is 12.1 Å². The summed E-state index contributed by atoms with van der Waals surface area (Å²) >= 11 is 6.24. The molecule has 0 amide bonds. The van der Waals surface area contributed by atoms with Gasteiger partial charge in [-0.15, -0.1) is 5.10 Å². The number of anilines is 1. The van der Waals surface area contributed by atoms with Crippen LogP contribution in [0.2, 0.25) is 5.02 Å². The fourth-order valence-electron chi connectivity index (χ4n) is 2.83. The van der Waals surface area contributed by atoms with Gasteiger partial charge >= 0.3 is 6.01 Å². The van der Waals surface area contributed by atoms with Crippen LogP contribution in [0.4, 0.5) is 5.82 Å². The normalized spacial score (nSPS) is 21.3. The number of nitrogens with zero attached hydrogens (tertiary/aromatic N) is 6. The fourth-order valence-corrected chi connectivity index (χ4v) is 3.04. The maximum absolute atomic E-state index is 11.1. The Morgan fingerprint density at radius 2 is 2.21 bits per heavy atom. The summed E-state index contributed by atoms with van der Waals surface area (Å²) < 4.78 is 6.81. The minimum absolute atomic E-state index is 0.190. The maximum Gasteiger partial charge on any atom is 0.318 e. The summed E-state index contributed by atoms with van der Waals surface area (Å²) in [6, 6.07) is 0.435. The Morgan fingerprint density at radius 1 is 1.42 bits per heavy atom. The fraction of sp³-hybridized carbons (Fsp3) is 0.600. The van der Waals surface area contributed by atoms with Gasteiger partial charge < -0.3 is 14.7 Å². The Kier molecular flexibility index (Phi) is 4.60. The van der Waals surface area contributed by atoms with Crippen LogP contribution >= 0.6 is 11.6 Å². The molecule has 0 radical (unpaired) electrons. The highest BCUT2D eigenvalue weighted by Crippen LogP contribution is 2.35. The summed E-state index contributed by atoms with van der Waals surface area (Å²) in [5, 5.41) is 19.8. The highest BCUT2D eigenvalue weighted by Gasteiger charge is 2.38. The van der Waals surface area contributed by atoms with Crippen LogP contribution in [0.15, 0.2) is 12.4 Å². The van der Waals surface area contributed by atoms with Crippen molar-refractivity contribution < 1.29 is 9.84 Å². The van der Waals surface area contributed by atoms with E-state index < -0.39 is 5.60 Å². The van der Waals surface area contributed by atoms with Crippen LogP contribution in [-0.2, 0) is 5.60 Å². The molecular weight excluding hydrogens is 332 g/mol. The van der Waals surface area contributed by atoms with Crippen molar-refractivity contribution in [3.05, 3.63) is 23.1 Å². The van der Waals surface area contributed by atoms with E-state index in [1.165, 1.54) is 13.3 Å². The third-order valence-corrected chi connectivity index (χ3v) is 4.44. The standard InChI is InChI=1S/C15H21ClN6O2/c1-10(2)22-8-12(19-20-22)15(23)5-4-6-21(9-15)13-11(16)7-17-14(18-13)24-3/h7-8,10,23H,4-6,9H2,1-3H3. The SMILES string of the molecule is COc1ncc(Cl)c(N2CCCC(O)(c3cn(C(C)C)nn3)C2)n1. The summed E-state index contributed by atoms with van der Waals surface area (Å²) in [5.74, 6) is 0.554. The lowest BCUT2D eigenvalue weighted by Gasteiger charge is -2.38. The van der Waals surface area contributed by atoms with Crippen LogP contribution in [0.25, 0.3) is 0 Å². The molecule has 1 N–H and O–H groups in total. The minimum Gasteiger partial charge on any atom is -0.467 e. The average molecular weight is 353 g/mol. The number of ether oxygens (including phenoxy) is 1. The Bertz CT molecular complexity index is 722. The lowest BCUT2D eigenvalue weighted by atomic mass is 9.90. The number of halogens is 1. The molecule has 1 aliphatic rings. The van der Waals surface area contributed by atoms with Crippen molar-refractivity contribution in [3.8, 4) is 6.01 Å². The quantitative estimate of drug-likeness (QED) is 0.897. The zero-order chi connectivity index (χ0) is 17.3. The zero-order valence-corrected chi connectivity index (χ0v) is 14.7. The first-order valence-electron chi connectivity index (χ1n) is 7.89. The highest BCUT2D eigenvalue weighted by molar-refractivity contribution is 6.32. The highest BCUT2D eigenvalue weighted by atomic mass is 35.5. The van der Waals surface area contributed by atoms with E-state index in [4.69, 9.17) is 16.3 Å². The van der Waals surface area contributed by atoms with Gasteiger partial charge in [0.25, 0.3) is 0 Å². The number of methoxy groups -OCH3 is 1. The number of piperidine rings is 1. The average Bonchev–Trinajstić information content (AvgIpc) is 3.06. The number of aliphatic hydroxyl groups is 1. The molecule has 0 spiro atoms. The number of hydrogen-bond acceptors (Lipinski definition) is 7. The maximum atomic E-state index is 11.1. The van der Waals surface area contributed by atoms with E-state index in [0.29, 0.717) is 29.5 Å². The molecule has 24 heavy (non-hydrogen) atoms. The van der Waals surface area contributed by atoms with Crippen LogP contribution in [0.5, 0.6) is 6.01 Å². The molecule has 130 valence electrons. The van der Waals surface area contributed by atoms with Crippen molar-refractivity contribution in [1.29, 1.82) is 0 Å². The summed E-state index contributed by atoms with van der Waals surface area (Å²) in [6.45, 7) is 5.11. The van der Waals surface area contributed by atoms with Crippen LogP contribution in [0.3, 0.4) is 0 Å². The van der Waals surface area contributed by atoms with E-state index in [1.54, 1.807) is 10.9 Å². The van der Waals surface area contributed by atoms with Gasteiger partial charge in [0.05, 0.1) is 26.0 Å². The van der Waals surface area contributed by atoms with Gasteiger partial charge in [-0.25, -0.2) is 9.67 Å². The van der Waals surface area contributed by atoms with Gasteiger partial charge in [0.15, 0.2) is 5.82 Å². The van der Waals surface area contributed by atoms with Gasteiger partial charge in [0, 0.05) is 12.6 Å². The Balaban J connectivity index is 1.88. The lowest BCUT2D eigenvalue weighted by Crippen LogP contribution is -2.47. The monoisotopic (exact) mass is 352 g/mol. The van der Waals surface area contributed by atoms with E-state index in [0.717, 1.165) is 13.0 Å². The molecule has 0 aromatic carbocycles. The Labute approximate surface area is 145 Å². The molecule has 1 atom stereocenters. The predicted molar refractivity (Wildman–Crippen MR) is 89.3 cm³/mol. The molecule has 3 heterocycles. The predicted octanol–water partition coefficient (Wildman–Crippen LogP) is 1.80. The second kappa shape index (κ2) is 6.52. The molecule has 0 saturated carbocycles. The third-order valence-electron chi connectivity index (χ3n) is 4.17. The van der Waals surface area contributed by atoms with E-state index in [2.05, 4.69) is 20.3 Å². The molecule has 0 aliphatic carbocycles. The van der Waals surface area contributed by atoms with Crippen LogP contribution in [-0.4, -0.2) is 50.3 Å². The van der Waals surface area contributed by atoms with Crippen molar-refractivity contribution >= 4 is 17.4 Å². The molecule has 0 bridgehead atoms. The Morgan fingerprint density at radius 3 is 2.88 bits per heavy atom. The minimum atomic E-state index is -1.09. The number of aromatic nitrogens is 5. The number of hydrogen-bond donors (Lipinski definition) is 1. The molecule has 2 aromatic heterocycles. The molecule has 8 nitrogen and oxygen atoms in total. The van der Waals surface area contributed by atoms with Crippen LogP contribution < -0.4 is 9.64 Å². The van der Waals surface area contributed by atoms with Crippen molar-refractivity contribution in [1.82, 2.24) is 25.0 Å². The molecular formula is C15H21ClN6O2. The van der Waals surface area contributed by atoms with Crippen LogP contribution in [0.1, 0.15) is 38.4 Å². The molecule has 1 fully saturated rings. The van der Waals surface area contributed by atoms with Crippen molar-refractivity contribution in [2.75, 3.05) is 25.1 Å². The first kappa shape index (κ1) is 16.9. The van der Waals surface area contributed by atoms with Gasteiger partial charge in [-0.3, -0.25) is 0 Å². The summed E-state index contributed by atoms with van der Waals surface area (Å²) in [6.07, 6.45) is 4.70. The molecule has 9 heteroatoms. The van der Waals surface area contributed by atoms with Crippen molar-refractivity contribution in [3.63, 3.8) is 0 Å². The van der Waals surface area contributed by atoms with Crippen LogP contribution in [0, 0.1) is 0 Å². The topological polar surface area (TPSA) is 89.2 Å². The van der Waals surface area contributed by atoms with E-state index in [9.17, 15) is 5.11 Å². The largest absolute Gasteiger partial charge is 0.467 e. The number of β-amino-alcohol motifs (C(OH)–C–C–N with tert-alkyl or cyclic N) is 1. The van der Waals surface area contributed by atoms with Crippen molar-refractivity contribution in [2.24, 2.45) is 0 Å². The molecule has 1 saturated heterocycles. The van der Waals surface area contributed by atoms with Gasteiger partial charge in [0.2, 0.25) is 0 Å². The van der Waals surface area contributed by atoms with Crippen molar-refractivity contribution in [2.45, 2.75) is 38.3 Å². The van der Waals surface area contributed by atoms with Gasteiger partial charge in [-0.2, -0.15) is 4.98 Å². The lowest BCUT2D eigenvalue weighted by molar-refractivity contribution is 0.0174. The smallest absolute Gasteiger partial charge is 0.318 e. The van der Waals surface area contributed by atoms with Gasteiger partial charge in [-0.1, -0.05) is 16.8 Å². The number of rotatable bonds is 4. The zero-order valence-electron chi connectivity index (χ0n) is 14.0. The third kappa shape index (κ3) is 3.16. The van der Waals surface area contributed by atoms with E-state index in [1.807, 2.05) is 18.7 Å². The second-order valence-electron chi connectivity index (χ2n) is 6.26. The van der Waals surface area contributed by atoms with Gasteiger partial charge in [0.1, 0.15) is 16.3 Å². The first-order chi connectivity index (χ1) is 11.4. The molecule has 1 unspecified atom stereocenters. The summed E-state index contributed by atoms with van der Waals surface area (Å²) in [7, 11) is 1.50. The molecule has 2 aromatic rings. The summed E-state index contributed by atoms with van der Waals surface area (Å²) in [4.78, 5) is 10.2. The first-order valence-corrected chi connectivity index (χ1v) is 8.27. The van der Waals surface area contributed by atoms with Gasteiger partial charge in [-0.05, 0) is 26.7 Å². The molecule has 3 rings (SSSR count). The van der Waals surface area contributed by atoms with E-state index >= 15 is 0 Å². The molecule has 1 aliphatic heterocycles.